The lowest BCUT2D eigenvalue weighted by molar-refractivity contribution is 0.249. The van der Waals surface area contributed by atoms with E-state index in [0.29, 0.717) is 5.69 Å². The van der Waals surface area contributed by atoms with Gasteiger partial charge in [0.1, 0.15) is 5.69 Å². The van der Waals surface area contributed by atoms with Crippen LogP contribution in [0.15, 0.2) is 53.3 Å². The first-order valence-electron chi connectivity index (χ1n) is 9.28. The van der Waals surface area contributed by atoms with Gasteiger partial charge in [-0.25, -0.2) is 9.48 Å². The van der Waals surface area contributed by atoms with Gasteiger partial charge in [-0.2, -0.15) is 0 Å². The molecule has 1 atom stereocenters. The number of carbonyl (C=O) groups is 1. The Balaban J connectivity index is 1.83. The minimum Gasteiger partial charge on any atom is -0.331 e. The molecule has 3 aromatic rings. The van der Waals surface area contributed by atoms with Crippen LogP contribution in [0.3, 0.4) is 0 Å². The maximum Gasteiger partial charge on any atom is 0.319 e. The number of benzene rings is 2. The Hall–Kier alpha value is -3.28. The summed E-state index contributed by atoms with van der Waals surface area (Å²) in [7, 11) is 1.80. The third-order valence-electron chi connectivity index (χ3n) is 5.04. The molecule has 0 aliphatic carbocycles. The molecule has 3 rings (SSSR count). The Bertz CT molecular complexity index is 1060. The number of amides is 2. The summed E-state index contributed by atoms with van der Waals surface area (Å²) in [5.74, 6) is 0. The van der Waals surface area contributed by atoms with Gasteiger partial charge in [0.25, 0.3) is 5.56 Å². The van der Waals surface area contributed by atoms with Gasteiger partial charge >= 0.3 is 6.03 Å². The van der Waals surface area contributed by atoms with Crippen LogP contribution in [-0.4, -0.2) is 15.4 Å². The van der Waals surface area contributed by atoms with Crippen LogP contribution in [0, 0.1) is 20.8 Å². The number of urea groups is 1. The number of anilines is 1. The number of rotatable bonds is 4. The highest BCUT2D eigenvalue weighted by atomic mass is 16.2. The van der Waals surface area contributed by atoms with Crippen LogP contribution in [0.1, 0.15) is 35.3 Å². The molecule has 0 saturated heterocycles. The van der Waals surface area contributed by atoms with E-state index in [1.807, 2.05) is 70.2 Å². The highest BCUT2D eigenvalue weighted by Gasteiger charge is 2.19. The number of para-hydroxylation sites is 1. The zero-order chi connectivity index (χ0) is 20.4. The quantitative estimate of drug-likeness (QED) is 0.721. The number of nitrogens with one attached hydrogen (secondary N) is 2. The lowest BCUT2D eigenvalue weighted by Gasteiger charge is -2.17. The molecule has 0 radical (unpaired) electrons. The van der Waals surface area contributed by atoms with Crippen LogP contribution < -0.4 is 16.2 Å². The fourth-order valence-corrected chi connectivity index (χ4v) is 3.36. The van der Waals surface area contributed by atoms with Gasteiger partial charge in [-0.1, -0.05) is 42.0 Å². The van der Waals surface area contributed by atoms with Crippen molar-refractivity contribution in [2.45, 2.75) is 33.7 Å². The van der Waals surface area contributed by atoms with Gasteiger partial charge in [0.05, 0.1) is 17.4 Å². The minimum absolute atomic E-state index is 0.180. The zero-order valence-electron chi connectivity index (χ0n) is 16.9. The number of nitrogens with zero attached hydrogens (tertiary/aromatic N) is 2. The van der Waals surface area contributed by atoms with Gasteiger partial charge in [-0.3, -0.25) is 9.48 Å². The van der Waals surface area contributed by atoms with E-state index in [-0.39, 0.29) is 17.3 Å². The summed E-state index contributed by atoms with van der Waals surface area (Å²) in [6.07, 6.45) is 0. The summed E-state index contributed by atoms with van der Waals surface area (Å²) in [4.78, 5) is 25.5. The molecule has 2 N–H and O–H groups in total. The minimum atomic E-state index is -0.403. The SMILES string of the molecule is Cc1ccc(C)c([C@@H](C)NC(=O)Nc2c(C)n(C)n(-c3ccccc3)c2=O)c1. The molecule has 0 unspecified atom stereocenters. The molecule has 0 fully saturated rings. The third-order valence-corrected chi connectivity index (χ3v) is 5.04. The van der Waals surface area contributed by atoms with Crippen LogP contribution >= 0.6 is 0 Å². The first-order chi connectivity index (χ1) is 13.3. The molecular formula is C22H26N4O2. The average molecular weight is 378 g/mol. The smallest absolute Gasteiger partial charge is 0.319 e. The van der Waals surface area contributed by atoms with Crippen molar-refractivity contribution in [3.05, 3.63) is 81.3 Å². The molecule has 1 heterocycles. The van der Waals surface area contributed by atoms with Crippen LogP contribution in [0.4, 0.5) is 10.5 Å². The van der Waals surface area contributed by atoms with Gasteiger partial charge < -0.3 is 10.6 Å². The highest BCUT2D eigenvalue weighted by Crippen LogP contribution is 2.19. The molecule has 6 heteroatoms. The first kappa shape index (κ1) is 19.5. The predicted molar refractivity (Wildman–Crippen MR) is 112 cm³/mol. The van der Waals surface area contributed by atoms with E-state index in [9.17, 15) is 9.59 Å². The van der Waals surface area contributed by atoms with Gasteiger partial charge in [-0.15, -0.1) is 0 Å². The summed E-state index contributed by atoms with van der Waals surface area (Å²) >= 11 is 0. The monoisotopic (exact) mass is 378 g/mol. The van der Waals surface area contributed by atoms with Crippen molar-refractivity contribution < 1.29 is 4.79 Å². The second-order valence-electron chi connectivity index (χ2n) is 7.12. The first-order valence-corrected chi connectivity index (χ1v) is 9.28. The molecule has 0 spiro atoms. The standard InChI is InChI=1S/C22H26N4O2/c1-14-11-12-15(2)19(13-14)16(3)23-22(28)24-20-17(4)25(5)26(21(20)27)18-9-7-6-8-10-18/h6-13,16H,1-5H3,(H2,23,24,28)/t16-/m1/s1. The Morgan fingerprint density at radius 1 is 1.04 bits per heavy atom. The Kier molecular flexibility index (Phi) is 5.40. The van der Waals surface area contributed by atoms with Crippen LogP contribution in [-0.2, 0) is 7.05 Å². The maximum absolute atomic E-state index is 12.9. The van der Waals surface area contributed by atoms with E-state index in [2.05, 4.69) is 16.7 Å². The maximum atomic E-state index is 12.9. The fraction of sp³-hybridized carbons (Fsp3) is 0.273. The second-order valence-corrected chi connectivity index (χ2v) is 7.12. The normalized spacial score (nSPS) is 11.9. The molecule has 0 aliphatic rings. The largest absolute Gasteiger partial charge is 0.331 e. The summed E-state index contributed by atoms with van der Waals surface area (Å²) in [5.41, 5.74) is 4.75. The molecular weight excluding hydrogens is 352 g/mol. The third kappa shape index (κ3) is 3.71. The Labute approximate surface area is 164 Å². The molecule has 28 heavy (non-hydrogen) atoms. The van der Waals surface area contributed by atoms with Crippen molar-refractivity contribution in [3.63, 3.8) is 0 Å². The molecule has 6 nitrogen and oxygen atoms in total. The molecule has 0 bridgehead atoms. The molecule has 146 valence electrons. The average Bonchev–Trinajstić information content (AvgIpc) is 2.87. The van der Waals surface area contributed by atoms with Crippen molar-refractivity contribution in [3.8, 4) is 5.69 Å². The van der Waals surface area contributed by atoms with E-state index in [0.717, 1.165) is 22.4 Å². The highest BCUT2D eigenvalue weighted by molar-refractivity contribution is 5.90. The lowest BCUT2D eigenvalue weighted by atomic mass is 10.0. The van der Waals surface area contributed by atoms with Crippen LogP contribution in [0.2, 0.25) is 0 Å². The summed E-state index contributed by atoms with van der Waals surface area (Å²) in [6.45, 7) is 7.78. The van der Waals surface area contributed by atoms with Gasteiger partial charge in [0, 0.05) is 7.05 Å². The number of hydrogen-bond acceptors (Lipinski definition) is 2. The number of aromatic nitrogens is 2. The van der Waals surface area contributed by atoms with Crippen molar-refractivity contribution in [2.75, 3.05) is 5.32 Å². The van der Waals surface area contributed by atoms with E-state index < -0.39 is 6.03 Å². The lowest BCUT2D eigenvalue weighted by Crippen LogP contribution is -2.33. The molecule has 1 aromatic heterocycles. The summed E-state index contributed by atoms with van der Waals surface area (Å²) in [6, 6.07) is 14.9. The Morgan fingerprint density at radius 3 is 2.39 bits per heavy atom. The second kappa shape index (κ2) is 7.76. The molecule has 2 aromatic carbocycles. The van der Waals surface area contributed by atoms with Gasteiger partial charge in [0.15, 0.2) is 0 Å². The predicted octanol–water partition coefficient (Wildman–Crippen LogP) is 3.98. The van der Waals surface area contributed by atoms with Gasteiger partial charge in [-0.05, 0) is 51.0 Å². The van der Waals surface area contributed by atoms with Crippen molar-refractivity contribution in [2.24, 2.45) is 7.05 Å². The molecule has 0 saturated carbocycles. The van der Waals surface area contributed by atoms with Crippen molar-refractivity contribution in [1.82, 2.24) is 14.7 Å². The molecule has 2 amide bonds. The fourth-order valence-electron chi connectivity index (χ4n) is 3.36. The number of hydrogen-bond donors (Lipinski definition) is 2. The summed E-state index contributed by atoms with van der Waals surface area (Å²) < 4.78 is 3.28. The Morgan fingerprint density at radius 2 is 1.71 bits per heavy atom. The van der Waals surface area contributed by atoms with Crippen molar-refractivity contribution in [1.29, 1.82) is 0 Å². The number of aryl methyl sites for hydroxylation is 2. The van der Waals surface area contributed by atoms with E-state index >= 15 is 0 Å². The summed E-state index contributed by atoms with van der Waals surface area (Å²) in [5, 5.41) is 5.67. The molecule has 0 aliphatic heterocycles. The van der Waals surface area contributed by atoms with E-state index in [4.69, 9.17) is 0 Å². The van der Waals surface area contributed by atoms with Crippen LogP contribution in [0.25, 0.3) is 5.69 Å². The van der Waals surface area contributed by atoms with E-state index in [1.54, 1.807) is 16.4 Å². The van der Waals surface area contributed by atoms with Crippen molar-refractivity contribution >= 4 is 11.7 Å². The van der Waals surface area contributed by atoms with Gasteiger partial charge in [0.2, 0.25) is 0 Å². The number of carbonyl (C=O) groups excluding carboxylic acids is 1. The topological polar surface area (TPSA) is 68.1 Å². The van der Waals surface area contributed by atoms with E-state index in [1.165, 1.54) is 0 Å². The zero-order valence-corrected chi connectivity index (χ0v) is 16.9. The van der Waals surface area contributed by atoms with Crippen LogP contribution in [0.5, 0.6) is 0 Å².